The lowest BCUT2D eigenvalue weighted by atomic mass is 9.70. The fourth-order valence-electron chi connectivity index (χ4n) is 9.15. The van der Waals surface area contributed by atoms with Gasteiger partial charge in [-0.05, 0) is 68.8 Å². The molecule has 0 unspecified atom stereocenters. The van der Waals surface area contributed by atoms with Gasteiger partial charge in [0.2, 0.25) is 0 Å². The second-order valence-corrected chi connectivity index (χ2v) is 14.6. The Kier molecular flexibility index (Phi) is 6.11. The zero-order chi connectivity index (χ0) is 33.5. The SMILES string of the molecule is c1ccc(-c2ccccc2N(c2cccc3c2C2(c4ccccc4-c4ccccc42)c2ccccc2-3)c2cccc3c2sc2ccccc23)cc1. The highest BCUT2D eigenvalue weighted by Gasteiger charge is 2.53. The highest BCUT2D eigenvalue weighted by molar-refractivity contribution is 7.26. The van der Waals surface area contributed by atoms with Gasteiger partial charge in [-0.1, -0.05) is 164 Å². The number of fused-ring (bicyclic) bond motifs is 13. The number of anilines is 3. The summed E-state index contributed by atoms with van der Waals surface area (Å²) in [5.74, 6) is 0. The normalized spacial score (nSPS) is 13.3. The molecule has 1 spiro atoms. The maximum atomic E-state index is 2.58. The molecule has 0 N–H and O–H groups in total. The summed E-state index contributed by atoms with van der Waals surface area (Å²) < 4.78 is 2.59. The van der Waals surface area contributed by atoms with E-state index in [0.29, 0.717) is 0 Å². The molecule has 2 aliphatic carbocycles. The average Bonchev–Trinajstić information content (AvgIpc) is 3.84. The molecular formula is C49H31NS. The molecule has 0 radical (unpaired) electrons. The van der Waals surface area contributed by atoms with E-state index in [2.05, 4.69) is 193 Å². The minimum atomic E-state index is -0.482. The highest BCUT2D eigenvalue weighted by atomic mass is 32.1. The van der Waals surface area contributed by atoms with E-state index >= 15 is 0 Å². The summed E-state index contributed by atoms with van der Waals surface area (Å²) >= 11 is 1.89. The highest BCUT2D eigenvalue weighted by Crippen LogP contribution is 2.65. The van der Waals surface area contributed by atoms with Crippen molar-refractivity contribution in [2.45, 2.75) is 5.41 Å². The molecule has 1 heterocycles. The van der Waals surface area contributed by atoms with E-state index in [-0.39, 0.29) is 0 Å². The Morgan fingerprint density at radius 3 is 1.57 bits per heavy atom. The van der Waals surface area contributed by atoms with Gasteiger partial charge in [-0.3, -0.25) is 0 Å². The van der Waals surface area contributed by atoms with E-state index in [1.807, 2.05) is 11.3 Å². The molecule has 9 aromatic rings. The van der Waals surface area contributed by atoms with Crippen LogP contribution in [-0.4, -0.2) is 0 Å². The number of hydrogen-bond acceptors (Lipinski definition) is 2. The fourth-order valence-corrected chi connectivity index (χ4v) is 10.4. The van der Waals surface area contributed by atoms with E-state index < -0.39 is 5.41 Å². The van der Waals surface area contributed by atoms with Crippen LogP contribution in [0.1, 0.15) is 22.3 Å². The van der Waals surface area contributed by atoms with Crippen molar-refractivity contribution in [2.24, 2.45) is 0 Å². The van der Waals surface area contributed by atoms with Gasteiger partial charge in [0.1, 0.15) is 0 Å². The summed E-state index contributed by atoms with van der Waals surface area (Å²) in [5, 5.41) is 2.59. The first kappa shape index (κ1) is 28.6. The number of thiophene rings is 1. The van der Waals surface area contributed by atoms with Gasteiger partial charge in [-0.25, -0.2) is 0 Å². The molecular weight excluding hydrogens is 635 g/mol. The topological polar surface area (TPSA) is 3.24 Å². The van der Waals surface area contributed by atoms with Crippen molar-refractivity contribution in [1.29, 1.82) is 0 Å². The quantitative estimate of drug-likeness (QED) is 0.181. The van der Waals surface area contributed by atoms with Crippen LogP contribution >= 0.6 is 11.3 Å². The first-order valence-corrected chi connectivity index (χ1v) is 18.4. The van der Waals surface area contributed by atoms with Gasteiger partial charge in [0.25, 0.3) is 0 Å². The van der Waals surface area contributed by atoms with Crippen LogP contribution in [0.3, 0.4) is 0 Å². The molecule has 2 heteroatoms. The summed E-state index contributed by atoms with van der Waals surface area (Å²) in [6.45, 7) is 0. The van der Waals surface area contributed by atoms with E-state index in [9.17, 15) is 0 Å². The van der Waals surface area contributed by atoms with Crippen molar-refractivity contribution in [2.75, 3.05) is 4.90 Å². The van der Waals surface area contributed by atoms with Crippen LogP contribution < -0.4 is 4.90 Å². The standard InChI is InChI=1S/C49H31NS/c1-2-16-32(17-3-1)33-18-7-12-28-43(33)50(45-30-15-24-39-37-22-8-13-31-46(37)51-48(39)45)44-29-14-23-38-36-21-6-11-27-42(36)49(47(38)44)40-25-9-4-19-34(40)35-20-5-10-26-41(35)49/h1-31H. The predicted molar refractivity (Wildman–Crippen MR) is 216 cm³/mol. The van der Waals surface area contributed by atoms with Crippen molar-refractivity contribution in [3.05, 3.63) is 210 Å². The second-order valence-electron chi connectivity index (χ2n) is 13.6. The number of rotatable bonds is 4. The van der Waals surface area contributed by atoms with Crippen molar-refractivity contribution >= 4 is 48.6 Å². The lowest BCUT2D eigenvalue weighted by Crippen LogP contribution is -2.28. The van der Waals surface area contributed by atoms with Crippen molar-refractivity contribution in [3.8, 4) is 33.4 Å². The van der Waals surface area contributed by atoms with Crippen molar-refractivity contribution in [3.63, 3.8) is 0 Å². The summed E-state index contributed by atoms with van der Waals surface area (Å²) in [7, 11) is 0. The van der Waals surface area contributed by atoms with Crippen LogP contribution in [0.25, 0.3) is 53.6 Å². The Morgan fingerprint density at radius 2 is 0.843 bits per heavy atom. The van der Waals surface area contributed by atoms with Crippen LogP contribution in [0.2, 0.25) is 0 Å². The Hall–Kier alpha value is -6.22. The van der Waals surface area contributed by atoms with Gasteiger partial charge in [-0.2, -0.15) is 0 Å². The number of benzene rings is 8. The molecule has 2 aliphatic rings. The molecule has 1 aromatic heterocycles. The molecule has 0 fully saturated rings. The third kappa shape index (κ3) is 3.86. The van der Waals surface area contributed by atoms with Gasteiger partial charge in [-0.15, -0.1) is 11.3 Å². The van der Waals surface area contributed by atoms with Gasteiger partial charge >= 0.3 is 0 Å². The largest absolute Gasteiger partial charge is 0.308 e. The molecule has 0 saturated carbocycles. The first-order chi connectivity index (χ1) is 25.3. The summed E-state index contributed by atoms with van der Waals surface area (Å²) in [6.07, 6.45) is 0. The average molecular weight is 666 g/mol. The lowest BCUT2D eigenvalue weighted by molar-refractivity contribution is 0.793. The third-order valence-electron chi connectivity index (χ3n) is 11.1. The minimum Gasteiger partial charge on any atom is -0.308 e. The van der Waals surface area contributed by atoms with Crippen LogP contribution in [0.5, 0.6) is 0 Å². The zero-order valence-corrected chi connectivity index (χ0v) is 28.6. The Labute approximate surface area is 301 Å². The second kappa shape index (κ2) is 10.9. The predicted octanol–water partition coefficient (Wildman–Crippen LogP) is 13.5. The summed E-state index contributed by atoms with van der Waals surface area (Å²) in [4.78, 5) is 2.58. The van der Waals surface area contributed by atoms with Crippen LogP contribution in [0.15, 0.2) is 188 Å². The van der Waals surface area contributed by atoms with Crippen LogP contribution in [0, 0.1) is 0 Å². The smallest absolute Gasteiger partial charge is 0.0746 e. The Morgan fingerprint density at radius 1 is 0.353 bits per heavy atom. The molecule has 0 bridgehead atoms. The summed E-state index contributed by atoms with van der Waals surface area (Å²) in [5.41, 5.74) is 16.1. The van der Waals surface area contributed by atoms with E-state index in [1.54, 1.807) is 0 Å². The Balaban J connectivity index is 1.31. The van der Waals surface area contributed by atoms with Gasteiger partial charge in [0.15, 0.2) is 0 Å². The molecule has 0 saturated heterocycles. The minimum absolute atomic E-state index is 0.482. The number of nitrogens with zero attached hydrogens (tertiary/aromatic N) is 1. The molecule has 51 heavy (non-hydrogen) atoms. The monoisotopic (exact) mass is 665 g/mol. The maximum Gasteiger partial charge on any atom is 0.0746 e. The first-order valence-electron chi connectivity index (χ1n) is 17.6. The van der Waals surface area contributed by atoms with Crippen LogP contribution in [0.4, 0.5) is 17.1 Å². The molecule has 0 aliphatic heterocycles. The van der Waals surface area contributed by atoms with Gasteiger partial charge in [0.05, 0.1) is 27.2 Å². The molecule has 0 amide bonds. The molecule has 11 rings (SSSR count). The van der Waals surface area contributed by atoms with E-state index in [4.69, 9.17) is 0 Å². The molecule has 8 aromatic carbocycles. The molecule has 238 valence electrons. The zero-order valence-electron chi connectivity index (χ0n) is 27.8. The third-order valence-corrected chi connectivity index (χ3v) is 12.3. The van der Waals surface area contributed by atoms with E-state index in [0.717, 1.165) is 5.69 Å². The number of para-hydroxylation sites is 1. The Bertz CT molecular complexity index is 2760. The molecule has 1 nitrogen and oxygen atoms in total. The summed E-state index contributed by atoms with van der Waals surface area (Å²) in [6, 6.07) is 69.7. The van der Waals surface area contributed by atoms with E-state index in [1.165, 1.54) is 87.2 Å². The molecule has 0 atom stereocenters. The van der Waals surface area contributed by atoms with Crippen molar-refractivity contribution in [1.82, 2.24) is 0 Å². The van der Waals surface area contributed by atoms with Gasteiger partial charge in [0, 0.05) is 26.6 Å². The maximum absolute atomic E-state index is 2.58. The van der Waals surface area contributed by atoms with Crippen molar-refractivity contribution < 1.29 is 0 Å². The lowest BCUT2D eigenvalue weighted by Gasteiger charge is -2.36. The fraction of sp³-hybridized carbons (Fsp3) is 0.0204. The van der Waals surface area contributed by atoms with Gasteiger partial charge < -0.3 is 4.90 Å². The number of hydrogen-bond donors (Lipinski definition) is 0. The van der Waals surface area contributed by atoms with Crippen LogP contribution in [-0.2, 0) is 5.41 Å².